The average molecular weight is 235 g/mol. The van der Waals surface area contributed by atoms with Gasteiger partial charge in [-0.2, -0.15) is 0 Å². The molecular formula is C10H12ClFO3. The second-order valence-electron chi connectivity index (χ2n) is 3.05. The van der Waals surface area contributed by atoms with Gasteiger partial charge in [-0.1, -0.05) is 0 Å². The van der Waals surface area contributed by atoms with E-state index in [4.69, 9.17) is 16.3 Å². The third kappa shape index (κ3) is 2.81. The van der Waals surface area contributed by atoms with Gasteiger partial charge in [0.2, 0.25) is 0 Å². The molecular weight excluding hydrogens is 223 g/mol. The van der Waals surface area contributed by atoms with Crippen LogP contribution in [-0.4, -0.2) is 29.3 Å². The van der Waals surface area contributed by atoms with Crippen LogP contribution in [0.15, 0.2) is 18.2 Å². The van der Waals surface area contributed by atoms with Crippen molar-refractivity contribution in [2.24, 2.45) is 0 Å². The zero-order valence-electron chi connectivity index (χ0n) is 8.15. The molecule has 3 nitrogen and oxygen atoms in total. The van der Waals surface area contributed by atoms with Crippen molar-refractivity contribution in [2.75, 3.05) is 13.0 Å². The molecule has 84 valence electrons. The van der Waals surface area contributed by atoms with Crippen molar-refractivity contribution in [2.45, 2.75) is 12.2 Å². The van der Waals surface area contributed by atoms with Crippen molar-refractivity contribution in [3.63, 3.8) is 0 Å². The maximum absolute atomic E-state index is 12.9. The van der Waals surface area contributed by atoms with Crippen molar-refractivity contribution in [3.05, 3.63) is 29.6 Å². The minimum atomic E-state index is -1.26. The van der Waals surface area contributed by atoms with Crippen LogP contribution in [0.3, 0.4) is 0 Å². The van der Waals surface area contributed by atoms with Crippen molar-refractivity contribution >= 4 is 11.6 Å². The molecule has 0 aromatic heterocycles. The normalized spacial score (nSPS) is 14.7. The zero-order chi connectivity index (χ0) is 11.4. The highest BCUT2D eigenvalue weighted by Gasteiger charge is 2.21. The Balaban J connectivity index is 3.05. The van der Waals surface area contributed by atoms with Gasteiger partial charge in [0.1, 0.15) is 17.7 Å². The quantitative estimate of drug-likeness (QED) is 0.776. The van der Waals surface area contributed by atoms with E-state index in [1.807, 2.05) is 0 Å². The zero-order valence-corrected chi connectivity index (χ0v) is 8.91. The van der Waals surface area contributed by atoms with Crippen LogP contribution in [0.5, 0.6) is 5.75 Å². The molecule has 0 heterocycles. The molecule has 0 aliphatic rings. The number of benzene rings is 1. The van der Waals surface area contributed by atoms with Gasteiger partial charge in [-0.3, -0.25) is 0 Å². The topological polar surface area (TPSA) is 49.7 Å². The van der Waals surface area contributed by atoms with Crippen molar-refractivity contribution in [1.29, 1.82) is 0 Å². The molecule has 0 amide bonds. The minimum absolute atomic E-state index is 0.138. The molecule has 5 heteroatoms. The molecule has 2 atom stereocenters. The largest absolute Gasteiger partial charge is 0.496 e. The van der Waals surface area contributed by atoms with Crippen molar-refractivity contribution in [1.82, 2.24) is 0 Å². The number of aliphatic hydroxyl groups is 2. The lowest BCUT2D eigenvalue weighted by molar-refractivity contribution is 0.0310. The van der Waals surface area contributed by atoms with Gasteiger partial charge < -0.3 is 14.9 Å². The summed E-state index contributed by atoms with van der Waals surface area (Å²) in [5.74, 6) is -0.333. The predicted molar refractivity (Wildman–Crippen MR) is 54.6 cm³/mol. The van der Waals surface area contributed by atoms with Crippen LogP contribution in [0.4, 0.5) is 4.39 Å². The molecule has 2 unspecified atom stereocenters. The lowest BCUT2D eigenvalue weighted by atomic mass is 10.0. The number of methoxy groups -OCH3 is 1. The van der Waals surface area contributed by atoms with E-state index >= 15 is 0 Å². The predicted octanol–water partition coefficient (Wildman–Crippen LogP) is 1.47. The second-order valence-corrected chi connectivity index (χ2v) is 3.36. The van der Waals surface area contributed by atoms with Gasteiger partial charge in [-0.25, -0.2) is 4.39 Å². The van der Waals surface area contributed by atoms with E-state index in [0.29, 0.717) is 5.75 Å². The summed E-state index contributed by atoms with van der Waals surface area (Å²) in [6.45, 7) is 0. The fourth-order valence-electron chi connectivity index (χ4n) is 1.23. The molecule has 0 spiro atoms. The van der Waals surface area contributed by atoms with Gasteiger partial charge in [-0.05, 0) is 18.2 Å². The van der Waals surface area contributed by atoms with Gasteiger partial charge in [0.25, 0.3) is 0 Å². The van der Waals surface area contributed by atoms with E-state index < -0.39 is 18.0 Å². The number of hydrogen-bond donors (Lipinski definition) is 2. The maximum atomic E-state index is 12.9. The van der Waals surface area contributed by atoms with E-state index in [9.17, 15) is 14.6 Å². The Kier molecular flexibility index (Phi) is 4.32. The summed E-state index contributed by atoms with van der Waals surface area (Å²) in [4.78, 5) is 0. The molecule has 0 radical (unpaired) electrons. The molecule has 15 heavy (non-hydrogen) atoms. The van der Waals surface area contributed by atoms with Gasteiger partial charge in [0.15, 0.2) is 0 Å². The summed E-state index contributed by atoms with van der Waals surface area (Å²) < 4.78 is 17.9. The monoisotopic (exact) mass is 234 g/mol. The molecule has 0 saturated carbocycles. The Hall–Kier alpha value is -0.840. The third-order valence-corrected chi connectivity index (χ3v) is 2.35. The summed E-state index contributed by atoms with van der Waals surface area (Å²) in [6, 6.07) is 3.70. The lowest BCUT2D eigenvalue weighted by Crippen LogP contribution is -2.20. The summed E-state index contributed by atoms with van der Waals surface area (Å²) in [5.41, 5.74) is 0.186. The maximum Gasteiger partial charge on any atom is 0.124 e. The molecule has 0 bridgehead atoms. The van der Waals surface area contributed by atoms with Gasteiger partial charge in [0, 0.05) is 5.56 Å². The first-order valence-corrected chi connectivity index (χ1v) is 4.89. The molecule has 1 aromatic rings. The minimum Gasteiger partial charge on any atom is -0.496 e. The summed E-state index contributed by atoms with van der Waals surface area (Å²) >= 11 is 5.39. The van der Waals surface area contributed by atoms with Crippen LogP contribution in [0.25, 0.3) is 0 Å². The smallest absolute Gasteiger partial charge is 0.124 e. The molecule has 0 fully saturated rings. The first-order chi connectivity index (χ1) is 7.10. The van der Waals surface area contributed by atoms with Gasteiger partial charge in [0.05, 0.1) is 19.1 Å². The van der Waals surface area contributed by atoms with Crippen molar-refractivity contribution in [3.8, 4) is 5.75 Å². The van der Waals surface area contributed by atoms with E-state index in [1.165, 1.54) is 19.2 Å². The lowest BCUT2D eigenvalue weighted by Gasteiger charge is -2.18. The highest BCUT2D eigenvalue weighted by atomic mass is 35.5. The number of ether oxygens (including phenoxy) is 1. The first kappa shape index (κ1) is 12.2. The Labute approximate surface area is 92.1 Å². The van der Waals surface area contributed by atoms with Crippen molar-refractivity contribution < 1.29 is 19.3 Å². The Bertz CT molecular complexity index is 332. The Morgan fingerprint density at radius 1 is 1.47 bits per heavy atom. The fourth-order valence-corrected chi connectivity index (χ4v) is 1.40. The molecule has 1 rings (SSSR count). The van der Waals surface area contributed by atoms with Crippen LogP contribution in [0, 0.1) is 5.82 Å². The molecule has 0 aliphatic heterocycles. The number of alkyl halides is 1. The fraction of sp³-hybridized carbons (Fsp3) is 0.400. The number of hydrogen-bond acceptors (Lipinski definition) is 3. The molecule has 0 saturated heterocycles. The van der Waals surface area contributed by atoms with E-state index in [0.717, 1.165) is 6.07 Å². The number of rotatable bonds is 4. The van der Waals surface area contributed by atoms with E-state index in [-0.39, 0.29) is 11.4 Å². The summed E-state index contributed by atoms with van der Waals surface area (Å²) in [7, 11) is 1.40. The number of aliphatic hydroxyl groups excluding tert-OH is 2. The average Bonchev–Trinajstić information content (AvgIpc) is 2.27. The highest BCUT2D eigenvalue weighted by molar-refractivity contribution is 6.18. The Morgan fingerprint density at radius 3 is 2.67 bits per heavy atom. The van der Waals surface area contributed by atoms with Gasteiger partial charge in [-0.15, -0.1) is 11.6 Å². The van der Waals surface area contributed by atoms with Gasteiger partial charge >= 0.3 is 0 Å². The SMILES string of the molecule is COc1ccc(F)cc1C(O)C(O)CCl. The standard InChI is InChI=1S/C10H12ClFO3/c1-15-9-3-2-6(12)4-7(9)10(14)8(13)5-11/h2-4,8,10,13-14H,5H2,1H3. The molecule has 2 N–H and O–H groups in total. The molecule has 1 aromatic carbocycles. The number of halogens is 2. The van der Waals surface area contributed by atoms with Crippen LogP contribution in [0.1, 0.15) is 11.7 Å². The summed E-state index contributed by atoms with van der Waals surface area (Å²) in [5, 5.41) is 19.0. The molecule has 0 aliphatic carbocycles. The third-order valence-electron chi connectivity index (χ3n) is 2.03. The highest BCUT2D eigenvalue weighted by Crippen LogP contribution is 2.28. The van der Waals surface area contributed by atoms with E-state index in [2.05, 4.69) is 0 Å². The van der Waals surface area contributed by atoms with Crippen LogP contribution in [0.2, 0.25) is 0 Å². The van der Waals surface area contributed by atoms with E-state index in [1.54, 1.807) is 0 Å². The van der Waals surface area contributed by atoms with Crippen LogP contribution < -0.4 is 4.74 Å². The Morgan fingerprint density at radius 2 is 2.13 bits per heavy atom. The first-order valence-electron chi connectivity index (χ1n) is 4.35. The summed E-state index contributed by atoms with van der Waals surface area (Å²) in [6.07, 6.45) is -2.41. The van der Waals surface area contributed by atoms with Crippen LogP contribution >= 0.6 is 11.6 Å². The second kappa shape index (κ2) is 5.30. The van der Waals surface area contributed by atoms with Crippen LogP contribution in [-0.2, 0) is 0 Å².